The lowest BCUT2D eigenvalue weighted by atomic mass is 10.0. The molecule has 3 aromatic rings. The van der Waals surface area contributed by atoms with E-state index in [-0.39, 0.29) is 11.9 Å². The number of carbonyl (C=O) groups is 1. The van der Waals surface area contributed by atoms with Crippen LogP contribution in [0.4, 0.5) is 0 Å². The van der Waals surface area contributed by atoms with Crippen molar-refractivity contribution in [3.63, 3.8) is 0 Å². The summed E-state index contributed by atoms with van der Waals surface area (Å²) in [6.07, 6.45) is 3.18. The minimum atomic E-state index is -0.196. The first-order valence-corrected chi connectivity index (χ1v) is 10.6. The number of rotatable bonds is 10. The Labute approximate surface area is 178 Å². The van der Waals surface area contributed by atoms with E-state index in [1.807, 2.05) is 37.3 Å². The van der Waals surface area contributed by atoms with Crippen molar-refractivity contribution in [2.75, 3.05) is 6.61 Å². The predicted molar refractivity (Wildman–Crippen MR) is 122 cm³/mol. The third-order valence-corrected chi connectivity index (χ3v) is 5.21. The van der Waals surface area contributed by atoms with E-state index in [1.165, 1.54) is 11.6 Å². The predicted octanol–water partition coefficient (Wildman–Crippen LogP) is 5.38. The summed E-state index contributed by atoms with van der Waals surface area (Å²) in [6.45, 7) is 11.3. The van der Waals surface area contributed by atoms with Gasteiger partial charge in [-0.1, -0.05) is 44.7 Å². The zero-order chi connectivity index (χ0) is 21.5. The average Bonchev–Trinajstić information content (AvgIpc) is 3.12. The van der Waals surface area contributed by atoms with Gasteiger partial charge in [-0.15, -0.1) is 0 Å². The molecule has 5 nitrogen and oxygen atoms in total. The van der Waals surface area contributed by atoms with Gasteiger partial charge >= 0.3 is 0 Å². The number of aromatic nitrogens is 2. The first-order valence-electron chi connectivity index (χ1n) is 10.6. The number of fused-ring (bicyclic) bond motifs is 1. The fourth-order valence-electron chi connectivity index (χ4n) is 3.51. The fourth-order valence-corrected chi connectivity index (χ4v) is 3.51. The SMILES string of the molecule is C=CC(=O)NC(C)c1nc2ccccc2n1CCCCOc1ccc(C(C)C)cc1. The number of nitrogens with zero attached hydrogens (tertiary/aromatic N) is 2. The van der Waals surface area contributed by atoms with Gasteiger partial charge in [-0.05, 0) is 61.6 Å². The molecule has 5 heteroatoms. The Bertz CT molecular complexity index is 989. The molecule has 3 rings (SSSR count). The number of ether oxygens (including phenoxy) is 1. The van der Waals surface area contributed by atoms with Crippen molar-refractivity contribution in [2.45, 2.75) is 52.1 Å². The van der Waals surface area contributed by atoms with E-state index in [0.717, 1.165) is 42.0 Å². The second kappa shape index (κ2) is 10.1. The van der Waals surface area contributed by atoms with Crippen molar-refractivity contribution in [2.24, 2.45) is 0 Å². The van der Waals surface area contributed by atoms with E-state index >= 15 is 0 Å². The van der Waals surface area contributed by atoms with Crippen molar-refractivity contribution in [3.8, 4) is 5.75 Å². The lowest BCUT2D eigenvalue weighted by molar-refractivity contribution is -0.117. The number of imidazole rings is 1. The normalized spacial score (nSPS) is 12.1. The van der Waals surface area contributed by atoms with Crippen LogP contribution in [0, 0.1) is 0 Å². The first-order chi connectivity index (χ1) is 14.5. The molecule has 0 aliphatic heterocycles. The molecule has 158 valence electrons. The van der Waals surface area contributed by atoms with Gasteiger partial charge in [-0.3, -0.25) is 4.79 Å². The van der Waals surface area contributed by atoms with Crippen LogP contribution in [-0.2, 0) is 11.3 Å². The van der Waals surface area contributed by atoms with Gasteiger partial charge in [0.2, 0.25) is 5.91 Å². The molecule has 1 atom stereocenters. The minimum absolute atomic E-state index is 0.196. The Morgan fingerprint density at radius 3 is 2.57 bits per heavy atom. The average molecular weight is 406 g/mol. The van der Waals surface area contributed by atoms with E-state index in [0.29, 0.717) is 12.5 Å². The highest BCUT2D eigenvalue weighted by Gasteiger charge is 2.17. The molecule has 30 heavy (non-hydrogen) atoms. The van der Waals surface area contributed by atoms with Gasteiger partial charge in [0.15, 0.2) is 0 Å². The Morgan fingerprint density at radius 1 is 1.13 bits per heavy atom. The highest BCUT2D eigenvalue weighted by Crippen LogP contribution is 2.22. The van der Waals surface area contributed by atoms with E-state index < -0.39 is 0 Å². The van der Waals surface area contributed by atoms with Crippen LogP contribution < -0.4 is 10.1 Å². The fraction of sp³-hybridized carbons (Fsp3) is 0.360. The van der Waals surface area contributed by atoms with E-state index in [2.05, 4.69) is 48.5 Å². The summed E-state index contributed by atoms with van der Waals surface area (Å²) in [5.41, 5.74) is 3.34. The molecule has 0 fully saturated rings. The van der Waals surface area contributed by atoms with Crippen molar-refractivity contribution in [3.05, 3.63) is 72.6 Å². The quantitative estimate of drug-likeness (QED) is 0.364. The molecule has 1 heterocycles. The lowest BCUT2D eigenvalue weighted by Gasteiger charge is -2.15. The Morgan fingerprint density at radius 2 is 1.87 bits per heavy atom. The Balaban J connectivity index is 1.60. The molecule has 1 N–H and O–H groups in total. The first kappa shape index (κ1) is 21.6. The zero-order valence-corrected chi connectivity index (χ0v) is 18.1. The van der Waals surface area contributed by atoms with Gasteiger partial charge in [0.05, 0.1) is 23.7 Å². The third kappa shape index (κ3) is 5.29. The van der Waals surface area contributed by atoms with Crippen LogP contribution in [0.5, 0.6) is 5.75 Å². The number of hydrogen-bond acceptors (Lipinski definition) is 3. The number of nitrogens with one attached hydrogen (secondary N) is 1. The maximum Gasteiger partial charge on any atom is 0.243 e. The van der Waals surface area contributed by atoms with Crippen molar-refractivity contribution < 1.29 is 9.53 Å². The largest absolute Gasteiger partial charge is 0.494 e. The third-order valence-electron chi connectivity index (χ3n) is 5.21. The molecule has 0 saturated carbocycles. The van der Waals surface area contributed by atoms with Crippen LogP contribution >= 0.6 is 0 Å². The van der Waals surface area contributed by atoms with Gasteiger partial charge in [0.25, 0.3) is 0 Å². The van der Waals surface area contributed by atoms with Crippen molar-refractivity contribution in [1.82, 2.24) is 14.9 Å². The molecule has 2 aromatic carbocycles. The number of carbonyl (C=O) groups excluding carboxylic acids is 1. The summed E-state index contributed by atoms with van der Waals surface area (Å²) < 4.78 is 8.09. The lowest BCUT2D eigenvalue weighted by Crippen LogP contribution is -2.27. The highest BCUT2D eigenvalue weighted by atomic mass is 16.5. The molecule has 0 saturated heterocycles. The summed E-state index contributed by atoms with van der Waals surface area (Å²) in [5, 5.41) is 2.92. The minimum Gasteiger partial charge on any atom is -0.494 e. The van der Waals surface area contributed by atoms with E-state index in [4.69, 9.17) is 9.72 Å². The Kier molecular flexibility index (Phi) is 7.28. The number of para-hydroxylation sites is 2. The maximum absolute atomic E-state index is 11.7. The van der Waals surface area contributed by atoms with Gasteiger partial charge in [-0.2, -0.15) is 0 Å². The smallest absolute Gasteiger partial charge is 0.243 e. The number of unbranched alkanes of at least 4 members (excludes halogenated alkanes) is 1. The van der Waals surface area contributed by atoms with E-state index in [1.54, 1.807) is 0 Å². The second-order valence-corrected chi connectivity index (χ2v) is 7.82. The summed E-state index contributed by atoms with van der Waals surface area (Å²) in [6, 6.07) is 16.2. The molecule has 1 unspecified atom stereocenters. The Hall–Kier alpha value is -3.08. The van der Waals surface area contributed by atoms with Crippen LogP contribution in [-0.4, -0.2) is 22.1 Å². The second-order valence-electron chi connectivity index (χ2n) is 7.82. The van der Waals surface area contributed by atoms with Gasteiger partial charge in [-0.25, -0.2) is 4.98 Å². The molecule has 1 amide bonds. The molecule has 0 radical (unpaired) electrons. The van der Waals surface area contributed by atoms with Crippen molar-refractivity contribution in [1.29, 1.82) is 0 Å². The number of benzene rings is 2. The zero-order valence-electron chi connectivity index (χ0n) is 18.1. The van der Waals surface area contributed by atoms with Crippen LogP contribution in [0.1, 0.15) is 57.0 Å². The molecular formula is C25H31N3O2. The van der Waals surface area contributed by atoms with Gasteiger partial charge < -0.3 is 14.6 Å². The highest BCUT2D eigenvalue weighted by molar-refractivity contribution is 5.87. The molecule has 1 aromatic heterocycles. The molecule has 0 spiro atoms. The standard InChI is InChI=1S/C25H31N3O2/c1-5-24(29)26-19(4)25-27-22-10-6-7-11-23(22)28(25)16-8-9-17-30-21-14-12-20(13-15-21)18(2)3/h5-7,10-15,18-19H,1,8-9,16-17H2,2-4H3,(H,26,29). The van der Waals surface area contributed by atoms with Crippen LogP contribution in [0.25, 0.3) is 11.0 Å². The topological polar surface area (TPSA) is 56.2 Å². The monoisotopic (exact) mass is 405 g/mol. The van der Waals surface area contributed by atoms with Crippen LogP contribution in [0.2, 0.25) is 0 Å². The number of hydrogen-bond donors (Lipinski definition) is 1. The molecule has 0 aliphatic rings. The summed E-state index contributed by atoms with van der Waals surface area (Å²) in [7, 11) is 0. The van der Waals surface area contributed by atoms with Crippen molar-refractivity contribution >= 4 is 16.9 Å². The van der Waals surface area contributed by atoms with Crippen LogP contribution in [0.3, 0.4) is 0 Å². The summed E-state index contributed by atoms with van der Waals surface area (Å²) >= 11 is 0. The number of amides is 1. The molecular weight excluding hydrogens is 374 g/mol. The van der Waals surface area contributed by atoms with E-state index in [9.17, 15) is 4.79 Å². The maximum atomic E-state index is 11.7. The van der Waals surface area contributed by atoms with Gasteiger partial charge in [0, 0.05) is 6.54 Å². The number of aryl methyl sites for hydroxylation is 1. The summed E-state index contributed by atoms with van der Waals surface area (Å²) in [5.74, 6) is 2.10. The molecule has 0 bridgehead atoms. The van der Waals surface area contributed by atoms with Gasteiger partial charge in [0.1, 0.15) is 11.6 Å². The van der Waals surface area contributed by atoms with Crippen LogP contribution in [0.15, 0.2) is 61.2 Å². The summed E-state index contributed by atoms with van der Waals surface area (Å²) in [4.78, 5) is 16.5. The molecule has 0 aliphatic carbocycles.